The molecule has 3 aromatic rings. The Labute approximate surface area is 195 Å². The zero-order chi connectivity index (χ0) is 23.2. The third kappa shape index (κ3) is 3.96. The molecule has 5 rings (SSSR count). The van der Waals surface area contributed by atoms with E-state index in [1.54, 1.807) is 30.1 Å². The second-order valence-corrected chi connectivity index (χ2v) is 9.84. The number of benzene rings is 1. The smallest absolute Gasteiger partial charge is 0.324 e. The molecule has 6 nitrogen and oxygen atoms in total. The molecular formula is C24H26F2N4O2S. The van der Waals surface area contributed by atoms with Crippen LogP contribution in [0.2, 0.25) is 0 Å². The van der Waals surface area contributed by atoms with Crippen LogP contribution in [-0.2, 0) is 6.42 Å². The van der Waals surface area contributed by atoms with Gasteiger partial charge in [0.15, 0.2) is 11.4 Å². The second kappa shape index (κ2) is 8.27. The van der Waals surface area contributed by atoms with Crippen molar-refractivity contribution in [2.45, 2.75) is 55.4 Å². The third-order valence-corrected chi connectivity index (χ3v) is 7.21. The van der Waals surface area contributed by atoms with E-state index in [-0.39, 0.29) is 25.2 Å². The summed E-state index contributed by atoms with van der Waals surface area (Å²) in [5.41, 5.74) is 0.550. The first kappa shape index (κ1) is 22.1. The van der Waals surface area contributed by atoms with Gasteiger partial charge in [-0.25, -0.2) is 8.78 Å². The maximum Gasteiger partial charge on any atom is 0.324 e. The van der Waals surface area contributed by atoms with Gasteiger partial charge in [0.05, 0.1) is 5.69 Å². The van der Waals surface area contributed by atoms with Crippen LogP contribution in [-0.4, -0.2) is 46.0 Å². The van der Waals surface area contributed by atoms with Crippen molar-refractivity contribution in [3.63, 3.8) is 0 Å². The van der Waals surface area contributed by atoms with Gasteiger partial charge >= 0.3 is 6.01 Å². The number of piperidine rings is 1. The summed E-state index contributed by atoms with van der Waals surface area (Å²) in [6, 6.07) is 9.74. The van der Waals surface area contributed by atoms with Crippen molar-refractivity contribution in [2.24, 2.45) is 0 Å². The highest BCUT2D eigenvalue weighted by atomic mass is 32.2. The summed E-state index contributed by atoms with van der Waals surface area (Å²) < 4.78 is 42.4. The molecule has 0 atom stereocenters. The molecule has 0 N–H and O–H groups in total. The van der Waals surface area contributed by atoms with E-state index in [1.165, 1.54) is 0 Å². The first-order chi connectivity index (χ1) is 15.8. The predicted octanol–water partition coefficient (Wildman–Crippen LogP) is 5.59. The lowest BCUT2D eigenvalue weighted by atomic mass is 9.79. The number of pyridine rings is 1. The van der Waals surface area contributed by atoms with Crippen molar-refractivity contribution in [2.75, 3.05) is 24.2 Å². The Morgan fingerprint density at radius 2 is 1.91 bits per heavy atom. The molecule has 1 fully saturated rings. The molecule has 0 saturated carbocycles. The van der Waals surface area contributed by atoms with Crippen LogP contribution in [0, 0.1) is 0 Å². The SMILES string of the molecule is CSc1ccc(-c2ccc3c(c2)CC(F)(F)C2(CCN(c4nc(C(C)C)no4)CC2)O3)nc1. The van der Waals surface area contributed by atoms with Gasteiger partial charge in [-0.05, 0) is 36.6 Å². The Hall–Kier alpha value is -2.68. The van der Waals surface area contributed by atoms with E-state index in [0.29, 0.717) is 36.2 Å². The number of alkyl halides is 2. The van der Waals surface area contributed by atoms with Crippen molar-refractivity contribution in [1.29, 1.82) is 0 Å². The van der Waals surface area contributed by atoms with Gasteiger partial charge in [-0.3, -0.25) is 4.98 Å². The number of rotatable bonds is 4. The zero-order valence-electron chi connectivity index (χ0n) is 18.8. The third-order valence-electron chi connectivity index (χ3n) is 6.50. The molecule has 0 bridgehead atoms. The summed E-state index contributed by atoms with van der Waals surface area (Å²) >= 11 is 1.61. The van der Waals surface area contributed by atoms with Crippen LogP contribution < -0.4 is 9.64 Å². The number of thioether (sulfide) groups is 1. The summed E-state index contributed by atoms with van der Waals surface area (Å²) in [6.07, 6.45) is 3.79. The summed E-state index contributed by atoms with van der Waals surface area (Å²) in [5.74, 6) is -1.70. The standard InChI is InChI=1S/C24H26F2N4O2S/c1-15(2)21-28-22(32-29-21)30-10-8-23(9-11-30)24(25,26)13-17-12-16(4-7-20(17)31-23)19-6-5-18(33-3)14-27-19/h4-7,12,14-15H,8-11,13H2,1-3H3. The van der Waals surface area contributed by atoms with Gasteiger partial charge in [0.25, 0.3) is 5.92 Å². The van der Waals surface area contributed by atoms with Crippen molar-refractivity contribution in [3.05, 3.63) is 47.9 Å². The molecule has 0 aliphatic carbocycles. The molecule has 0 radical (unpaired) electrons. The monoisotopic (exact) mass is 472 g/mol. The first-order valence-electron chi connectivity index (χ1n) is 11.1. The van der Waals surface area contributed by atoms with Crippen LogP contribution in [0.4, 0.5) is 14.8 Å². The van der Waals surface area contributed by atoms with Crippen LogP contribution in [0.1, 0.15) is 44.0 Å². The second-order valence-electron chi connectivity index (χ2n) is 8.96. The van der Waals surface area contributed by atoms with Crippen LogP contribution in [0.3, 0.4) is 0 Å². The normalized spacial score (nSPS) is 18.9. The fraction of sp³-hybridized carbons (Fsp3) is 0.458. The van der Waals surface area contributed by atoms with Crippen molar-refractivity contribution in [1.82, 2.24) is 15.1 Å². The number of hydrogen-bond donors (Lipinski definition) is 0. The Bertz CT molecular complexity index is 1140. The average Bonchev–Trinajstić information content (AvgIpc) is 3.31. The number of anilines is 1. The van der Waals surface area contributed by atoms with E-state index < -0.39 is 11.5 Å². The average molecular weight is 473 g/mol. The minimum atomic E-state index is -2.99. The van der Waals surface area contributed by atoms with E-state index in [1.807, 2.05) is 43.2 Å². The van der Waals surface area contributed by atoms with Crippen LogP contribution in [0.25, 0.3) is 11.3 Å². The van der Waals surface area contributed by atoms with Crippen LogP contribution in [0.5, 0.6) is 5.75 Å². The number of fused-ring (bicyclic) bond motifs is 1. The number of aromatic nitrogens is 3. The first-order valence-corrected chi connectivity index (χ1v) is 12.3. The topological polar surface area (TPSA) is 64.3 Å². The minimum Gasteiger partial charge on any atom is -0.481 e. The number of halogens is 2. The molecule has 33 heavy (non-hydrogen) atoms. The Morgan fingerprint density at radius 1 is 1.12 bits per heavy atom. The van der Waals surface area contributed by atoms with Crippen molar-refractivity contribution >= 4 is 17.8 Å². The fourth-order valence-corrected chi connectivity index (χ4v) is 4.81. The number of ether oxygens (including phenoxy) is 1. The molecule has 174 valence electrons. The minimum absolute atomic E-state index is 0.143. The Balaban J connectivity index is 1.35. The highest BCUT2D eigenvalue weighted by Crippen LogP contribution is 2.49. The van der Waals surface area contributed by atoms with Gasteiger partial charge < -0.3 is 14.2 Å². The van der Waals surface area contributed by atoms with Gasteiger partial charge in [0.1, 0.15) is 5.75 Å². The molecule has 1 spiro atoms. The molecule has 0 amide bonds. The number of hydrogen-bond acceptors (Lipinski definition) is 7. The van der Waals surface area contributed by atoms with Gasteiger partial charge in [-0.1, -0.05) is 19.0 Å². The lowest BCUT2D eigenvalue weighted by Crippen LogP contribution is -2.61. The molecule has 9 heteroatoms. The molecule has 2 aliphatic rings. The number of nitrogens with zero attached hydrogens (tertiary/aromatic N) is 4. The lowest BCUT2D eigenvalue weighted by Gasteiger charge is -2.48. The van der Waals surface area contributed by atoms with E-state index in [2.05, 4.69) is 15.1 Å². The molecule has 2 aromatic heterocycles. The van der Waals surface area contributed by atoms with Crippen LogP contribution in [0.15, 0.2) is 45.9 Å². The summed E-state index contributed by atoms with van der Waals surface area (Å²) in [6.45, 7) is 4.70. The maximum absolute atomic E-state index is 15.5. The van der Waals surface area contributed by atoms with Gasteiger partial charge in [-0.2, -0.15) is 4.98 Å². The van der Waals surface area contributed by atoms with E-state index in [9.17, 15) is 0 Å². The summed E-state index contributed by atoms with van der Waals surface area (Å²) in [7, 11) is 0. The quantitative estimate of drug-likeness (QED) is 0.459. The van der Waals surface area contributed by atoms with Crippen molar-refractivity contribution < 1.29 is 18.0 Å². The van der Waals surface area contributed by atoms with Gasteiger partial charge in [0, 0.05) is 60.5 Å². The summed E-state index contributed by atoms with van der Waals surface area (Å²) in [5, 5.41) is 3.98. The van der Waals surface area contributed by atoms with E-state index in [0.717, 1.165) is 16.2 Å². The molecule has 1 aromatic carbocycles. The fourth-order valence-electron chi connectivity index (χ4n) is 4.45. The highest BCUT2D eigenvalue weighted by Gasteiger charge is 2.59. The van der Waals surface area contributed by atoms with E-state index in [4.69, 9.17) is 9.26 Å². The molecule has 1 saturated heterocycles. The molecule has 0 unspecified atom stereocenters. The van der Waals surface area contributed by atoms with E-state index >= 15 is 8.78 Å². The lowest BCUT2D eigenvalue weighted by molar-refractivity contribution is -0.185. The molecule has 4 heterocycles. The largest absolute Gasteiger partial charge is 0.481 e. The summed E-state index contributed by atoms with van der Waals surface area (Å²) in [4.78, 5) is 11.8. The zero-order valence-corrected chi connectivity index (χ0v) is 19.7. The maximum atomic E-state index is 15.5. The molecular weight excluding hydrogens is 446 g/mol. The highest BCUT2D eigenvalue weighted by molar-refractivity contribution is 7.98. The van der Waals surface area contributed by atoms with Crippen molar-refractivity contribution in [3.8, 4) is 17.0 Å². The van der Waals surface area contributed by atoms with Gasteiger partial charge in [-0.15, -0.1) is 11.8 Å². The van der Waals surface area contributed by atoms with Gasteiger partial charge in [0.2, 0.25) is 0 Å². The Morgan fingerprint density at radius 3 is 2.55 bits per heavy atom. The predicted molar refractivity (Wildman–Crippen MR) is 123 cm³/mol. The Kier molecular flexibility index (Phi) is 5.55. The van der Waals surface area contributed by atoms with Crippen LogP contribution >= 0.6 is 11.8 Å². The molecule has 2 aliphatic heterocycles.